The fraction of sp³-hybridized carbons (Fsp3) is 0.125. The van der Waals surface area contributed by atoms with Crippen molar-refractivity contribution < 1.29 is 14.3 Å². The second kappa shape index (κ2) is 6.10. The number of benzene rings is 2. The van der Waals surface area contributed by atoms with Gasteiger partial charge >= 0.3 is 6.16 Å². The van der Waals surface area contributed by atoms with Gasteiger partial charge in [-0.2, -0.15) is 5.10 Å². The number of carbonyl (C=O) groups excluding carboxylic acids is 1. The predicted molar refractivity (Wildman–Crippen MR) is 89.2 cm³/mol. The van der Waals surface area contributed by atoms with Crippen molar-refractivity contribution in [1.29, 1.82) is 0 Å². The second-order valence-electron chi connectivity index (χ2n) is 4.81. The molecule has 23 heavy (non-hydrogen) atoms. The van der Waals surface area contributed by atoms with Gasteiger partial charge in [-0.3, -0.25) is 0 Å². The molecule has 0 fully saturated rings. The van der Waals surface area contributed by atoms with Crippen LogP contribution in [0.15, 0.2) is 36.4 Å². The maximum atomic E-state index is 11.4. The molecule has 0 N–H and O–H groups in total. The van der Waals surface area contributed by atoms with Crippen LogP contribution in [0.25, 0.3) is 22.0 Å². The summed E-state index contributed by atoms with van der Waals surface area (Å²) in [6, 6.07) is 10.8. The zero-order chi connectivity index (χ0) is 16.6. The molecule has 0 unspecified atom stereocenters. The Hall–Kier alpha value is -2.24. The Labute approximate surface area is 142 Å². The van der Waals surface area contributed by atoms with Crippen molar-refractivity contribution in [2.45, 2.75) is 0 Å². The molecule has 3 aromatic rings. The average Bonchev–Trinajstić information content (AvgIpc) is 2.83. The lowest BCUT2D eigenvalue weighted by molar-refractivity contribution is 0.118. The van der Waals surface area contributed by atoms with Gasteiger partial charge in [0.05, 0.1) is 12.5 Å². The molecule has 0 saturated heterocycles. The highest BCUT2D eigenvalue weighted by atomic mass is 35.5. The van der Waals surface area contributed by atoms with Gasteiger partial charge < -0.3 is 9.47 Å². The summed E-state index contributed by atoms with van der Waals surface area (Å²) < 4.78 is 11.2. The van der Waals surface area contributed by atoms with Crippen LogP contribution < -0.4 is 4.74 Å². The standard InChI is InChI=1S/C16H12Cl2N2O3/c1-20-15(23-16(21)22-2)12-5-3-4-11(14(12)19-20)10-7-6-9(17)8-13(10)18/h3-8H,1-2H3. The van der Waals surface area contributed by atoms with E-state index < -0.39 is 6.16 Å². The Bertz CT molecular complexity index is 906. The number of hydrogen-bond donors (Lipinski definition) is 0. The number of aromatic nitrogens is 2. The van der Waals surface area contributed by atoms with Crippen LogP contribution in [0, 0.1) is 0 Å². The van der Waals surface area contributed by atoms with E-state index in [4.69, 9.17) is 27.9 Å². The highest BCUT2D eigenvalue weighted by Gasteiger charge is 2.18. The molecule has 0 spiro atoms. The van der Waals surface area contributed by atoms with E-state index in [-0.39, 0.29) is 0 Å². The second-order valence-corrected chi connectivity index (χ2v) is 5.65. The third kappa shape index (κ3) is 2.85. The number of fused-ring (bicyclic) bond motifs is 1. The molecule has 2 aromatic carbocycles. The van der Waals surface area contributed by atoms with E-state index >= 15 is 0 Å². The number of nitrogens with zero attached hydrogens (tertiary/aromatic N) is 2. The molecule has 0 aliphatic rings. The molecule has 1 heterocycles. The first-order valence-corrected chi connectivity index (χ1v) is 7.44. The van der Waals surface area contributed by atoms with Crippen LogP contribution in [0.3, 0.4) is 0 Å². The van der Waals surface area contributed by atoms with Crippen LogP contribution in [0.2, 0.25) is 10.0 Å². The van der Waals surface area contributed by atoms with Gasteiger partial charge in [0.2, 0.25) is 5.88 Å². The number of halogens is 2. The summed E-state index contributed by atoms with van der Waals surface area (Å²) >= 11 is 12.2. The maximum Gasteiger partial charge on any atom is 0.514 e. The molecule has 0 atom stereocenters. The lowest BCUT2D eigenvalue weighted by atomic mass is 10.0. The first-order valence-electron chi connectivity index (χ1n) is 6.68. The summed E-state index contributed by atoms with van der Waals surface area (Å²) in [5, 5.41) is 6.19. The molecule has 1 aromatic heterocycles. The van der Waals surface area contributed by atoms with E-state index in [0.717, 1.165) is 11.1 Å². The Morgan fingerprint density at radius 3 is 2.65 bits per heavy atom. The SMILES string of the molecule is COC(=O)Oc1c2cccc(-c3ccc(Cl)cc3Cl)c2nn1C. The molecule has 0 aliphatic heterocycles. The summed E-state index contributed by atoms with van der Waals surface area (Å²) in [5.41, 5.74) is 2.28. The van der Waals surface area contributed by atoms with Crippen molar-refractivity contribution >= 4 is 40.3 Å². The van der Waals surface area contributed by atoms with E-state index in [0.29, 0.717) is 26.8 Å². The van der Waals surface area contributed by atoms with Gasteiger partial charge in [0, 0.05) is 28.2 Å². The Morgan fingerprint density at radius 2 is 1.96 bits per heavy atom. The van der Waals surface area contributed by atoms with Crippen molar-refractivity contribution in [1.82, 2.24) is 9.78 Å². The maximum absolute atomic E-state index is 11.4. The lowest BCUT2D eigenvalue weighted by Gasteiger charge is -2.06. The van der Waals surface area contributed by atoms with Crippen LogP contribution in [0.5, 0.6) is 5.88 Å². The molecule has 0 aliphatic carbocycles. The Morgan fingerprint density at radius 1 is 1.17 bits per heavy atom. The molecular weight excluding hydrogens is 339 g/mol. The van der Waals surface area contributed by atoms with Gasteiger partial charge in [-0.05, 0) is 18.2 Å². The van der Waals surface area contributed by atoms with Gasteiger partial charge in [-0.1, -0.05) is 41.4 Å². The van der Waals surface area contributed by atoms with E-state index in [2.05, 4.69) is 9.84 Å². The molecule has 7 heteroatoms. The fourth-order valence-electron chi connectivity index (χ4n) is 2.36. The molecule has 0 saturated carbocycles. The Balaban J connectivity index is 2.20. The van der Waals surface area contributed by atoms with Crippen molar-refractivity contribution in [2.75, 3.05) is 7.11 Å². The van der Waals surface area contributed by atoms with Crippen LogP contribution in [0.4, 0.5) is 4.79 Å². The quantitative estimate of drug-likeness (QED) is 0.629. The molecule has 118 valence electrons. The zero-order valence-electron chi connectivity index (χ0n) is 12.3. The van der Waals surface area contributed by atoms with Gasteiger partial charge in [0.25, 0.3) is 0 Å². The first-order chi connectivity index (χ1) is 11.0. The fourth-order valence-corrected chi connectivity index (χ4v) is 2.87. The highest BCUT2D eigenvalue weighted by Crippen LogP contribution is 2.37. The smallest absolute Gasteiger partial charge is 0.437 e. The lowest BCUT2D eigenvalue weighted by Crippen LogP contribution is -2.10. The number of ether oxygens (including phenoxy) is 2. The number of hydrogen-bond acceptors (Lipinski definition) is 4. The third-order valence-corrected chi connectivity index (χ3v) is 3.93. The number of rotatable bonds is 2. The minimum absolute atomic E-state index is 0.304. The summed E-state index contributed by atoms with van der Waals surface area (Å²) in [6.07, 6.45) is -0.801. The zero-order valence-corrected chi connectivity index (χ0v) is 13.9. The van der Waals surface area contributed by atoms with Crippen molar-refractivity contribution in [3.63, 3.8) is 0 Å². The van der Waals surface area contributed by atoms with Gasteiger partial charge in [0.1, 0.15) is 5.52 Å². The minimum atomic E-state index is -0.801. The minimum Gasteiger partial charge on any atom is -0.437 e. The Kier molecular flexibility index (Phi) is 4.15. The topological polar surface area (TPSA) is 53.4 Å². The monoisotopic (exact) mass is 350 g/mol. The van der Waals surface area contributed by atoms with Crippen LogP contribution in [-0.4, -0.2) is 23.0 Å². The normalized spacial score (nSPS) is 10.8. The van der Waals surface area contributed by atoms with Crippen molar-refractivity contribution in [2.24, 2.45) is 7.05 Å². The number of aryl methyl sites for hydroxylation is 1. The van der Waals surface area contributed by atoms with E-state index in [1.165, 1.54) is 11.8 Å². The highest BCUT2D eigenvalue weighted by molar-refractivity contribution is 6.36. The molecular formula is C16H12Cl2N2O3. The molecule has 0 radical (unpaired) electrons. The number of carbonyl (C=O) groups is 1. The molecule has 3 rings (SSSR count). The molecule has 5 nitrogen and oxygen atoms in total. The van der Waals surface area contributed by atoms with E-state index in [1.54, 1.807) is 19.2 Å². The van der Waals surface area contributed by atoms with Crippen LogP contribution in [-0.2, 0) is 11.8 Å². The summed E-state index contributed by atoms with van der Waals surface area (Å²) in [5.74, 6) is 0.304. The van der Waals surface area contributed by atoms with Gasteiger partial charge in [-0.15, -0.1) is 0 Å². The van der Waals surface area contributed by atoms with Crippen LogP contribution >= 0.6 is 23.2 Å². The van der Waals surface area contributed by atoms with Crippen molar-refractivity contribution in [3.05, 3.63) is 46.4 Å². The first kappa shape index (κ1) is 15.6. The third-order valence-electron chi connectivity index (χ3n) is 3.38. The average molecular weight is 351 g/mol. The van der Waals surface area contributed by atoms with Gasteiger partial charge in [0.15, 0.2) is 0 Å². The summed E-state index contributed by atoms with van der Waals surface area (Å²) in [7, 11) is 2.94. The summed E-state index contributed by atoms with van der Waals surface area (Å²) in [4.78, 5) is 11.4. The van der Waals surface area contributed by atoms with Gasteiger partial charge in [-0.25, -0.2) is 9.48 Å². The largest absolute Gasteiger partial charge is 0.514 e. The van der Waals surface area contributed by atoms with E-state index in [1.807, 2.05) is 24.3 Å². The molecule has 0 bridgehead atoms. The van der Waals surface area contributed by atoms with Crippen LogP contribution in [0.1, 0.15) is 0 Å². The predicted octanol–water partition coefficient (Wildman–Crippen LogP) is 4.69. The number of methoxy groups -OCH3 is 1. The van der Waals surface area contributed by atoms with E-state index in [9.17, 15) is 4.79 Å². The van der Waals surface area contributed by atoms with Crippen molar-refractivity contribution in [3.8, 4) is 17.0 Å². The summed E-state index contributed by atoms with van der Waals surface area (Å²) in [6.45, 7) is 0. The molecule has 0 amide bonds.